The first-order valence-electron chi connectivity index (χ1n) is 7.24. The summed E-state index contributed by atoms with van der Waals surface area (Å²) in [6, 6.07) is 20.2. The van der Waals surface area contributed by atoms with Gasteiger partial charge in [0.1, 0.15) is 0 Å². The molecule has 3 aromatic rings. The Morgan fingerprint density at radius 3 is 2.55 bits per heavy atom. The van der Waals surface area contributed by atoms with Gasteiger partial charge in [0.25, 0.3) is 0 Å². The van der Waals surface area contributed by atoms with Gasteiger partial charge in [0.05, 0.1) is 0 Å². The Hall–Kier alpha value is -2.34. The van der Waals surface area contributed by atoms with Crippen LogP contribution < -0.4 is 0 Å². The lowest BCUT2D eigenvalue weighted by Gasteiger charge is -2.31. The van der Waals surface area contributed by atoms with Crippen molar-refractivity contribution in [2.45, 2.75) is 12.3 Å². The first kappa shape index (κ1) is 10.4. The molecule has 0 fully saturated rings. The Labute approximate surface area is 118 Å². The fourth-order valence-corrected chi connectivity index (χ4v) is 3.93. The fraction of sp³-hybridized carbons (Fsp3) is 0.100. The topological polar surface area (TPSA) is 0 Å². The summed E-state index contributed by atoms with van der Waals surface area (Å²) < 4.78 is 0. The molecule has 2 aliphatic carbocycles. The lowest BCUT2D eigenvalue weighted by molar-refractivity contribution is 0.957. The highest BCUT2D eigenvalue weighted by Crippen LogP contribution is 2.48. The van der Waals surface area contributed by atoms with Crippen LogP contribution in [0, 0.1) is 0 Å². The molecule has 20 heavy (non-hydrogen) atoms. The maximum absolute atomic E-state index is 2.39. The number of hydrogen-bond donors (Lipinski definition) is 0. The summed E-state index contributed by atoms with van der Waals surface area (Å²) in [5.74, 6) is 0.438. The van der Waals surface area contributed by atoms with E-state index < -0.39 is 0 Å². The van der Waals surface area contributed by atoms with Gasteiger partial charge >= 0.3 is 0 Å². The Bertz CT molecular complexity index is 878. The highest BCUT2D eigenvalue weighted by Gasteiger charge is 2.28. The minimum atomic E-state index is 0.438. The van der Waals surface area contributed by atoms with Crippen LogP contribution in [0.3, 0.4) is 0 Å². The maximum atomic E-state index is 2.39. The molecule has 0 bridgehead atoms. The molecule has 0 nitrogen and oxygen atoms in total. The summed E-state index contributed by atoms with van der Waals surface area (Å²) in [5, 5.41) is 2.80. The molecule has 0 aliphatic heterocycles. The Morgan fingerprint density at radius 1 is 0.800 bits per heavy atom. The second-order valence-corrected chi connectivity index (χ2v) is 5.74. The molecule has 0 spiro atoms. The van der Waals surface area contributed by atoms with Crippen molar-refractivity contribution < 1.29 is 0 Å². The third kappa shape index (κ3) is 1.17. The van der Waals surface area contributed by atoms with Gasteiger partial charge in [-0.05, 0) is 45.0 Å². The molecule has 0 saturated carbocycles. The van der Waals surface area contributed by atoms with Crippen LogP contribution in [0.2, 0.25) is 0 Å². The lowest BCUT2D eigenvalue weighted by atomic mass is 9.73. The van der Waals surface area contributed by atoms with E-state index in [-0.39, 0.29) is 0 Å². The molecule has 0 aromatic heterocycles. The van der Waals surface area contributed by atoms with Gasteiger partial charge in [0.2, 0.25) is 0 Å². The summed E-state index contributed by atoms with van der Waals surface area (Å²) in [7, 11) is 0. The first-order chi connectivity index (χ1) is 9.93. The molecule has 0 saturated heterocycles. The smallest absolute Gasteiger partial charge is 0.0285 e. The predicted molar refractivity (Wildman–Crippen MR) is 84.1 cm³/mol. The summed E-state index contributed by atoms with van der Waals surface area (Å²) in [5.41, 5.74) is 7.32. The largest absolute Gasteiger partial charge is 0.0832 e. The van der Waals surface area contributed by atoms with Crippen molar-refractivity contribution in [1.82, 2.24) is 0 Å². The third-order valence-electron chi connectivity index (χ3n) is 4.74. The zero-order chi connectivity index (χ0) is 13.1. The number of allylic oxidation sites excluding steroid dienone is 2. The molecule has 3 aromatic carbocycles. The van der Waals surface area contributed by atoms with Crippen LogP contribution in [0.1, 0.15) is 22.6 Å². The summed E-state index contributed by atoms with van der Waals surface area (Å²) in [6.07, 6.45) is 5.78. The second-order valence-electron chi connectivity index (χ2n) is 5.74. The van der Waals surface area contributed by atoms with Gasteiger partial charge in [-0.3, -0.25) is 0 Å². The van der Waals surface area contributed by atoms with Crippen molar-refractivity contribution >= 4 is 10.8 Å². The third-order valence-corrected chi connectivity index (χ3v) is 4.74. The van der Waals surface area contributed by atoms with E-state index in [2.05, 4.69) is 66.7 Å². The normalized spacial score (nSPS) is 18.1. The van der Waals surface area contributed by atoms with Crippen molar-refractivity contribution in [1.29, 1.82) is 0 Å². The van der Waals surface area contributed by atoms with Crippen LogP contribution in [0.25, 0.3) is 21.9 Å². The van der Waals surface area contributed by atoms with E-state index in [9.17, 15) is 0 Å². The van der Waals surface area contributed by atoms with Crippen LogP contribution in [0.15, 0.2) is 66.7 Å². The molecule has 0 heteroatoms. The van der Waals surface area contributed by atoms with Crippen LogP contribution in [0.4, 0.5) is 0 Å². The number of hydrogen-bond acceptors (Lipinski definition) is 0. The average molecular weight is 254 g/mol. The average Bonchev–Trinajstić information content (AvgIpc) is 2.52. The van der Waals surface area contributed by atoms with E-state index in [1.54, 1.807) is 0 Å². The van der Waals surface area contributed by atoms with Gasteiger partial charge in [-0.1, -0.05) is 66.7 Å². The van der Waals surface area contributed by atoms with Crippen molar-refractivity contribution in [2.24, 2.45) is 0 Å². The van der Waals surface area contributed by atoms with Gasteiger partial charge in [-0.25, -0.2) is 0 Å². The molecule has 5 rings (SSSR count). The van der Waals surface area contributed by atoms with Crippen LogP contribution >= 0.6 is 0 Å². The molecular weight excluding hydrogens is 240 g/mol. The van der Waals surface area contributed by atoms with Crippen molar-refractivity contribution in [3.8, 4) is 11.1 Å². The van der Waals surface area contributed by atoms with Gasteiger partial charge in [-0.2, -0.15) is 0 Å². The SMILES string of the molecule is C1=CC2c3c(cccc3-c3cccc4cccc2c34)C1. The molecule has 0 heterocycles. The van der Waals surface area contributed by atoms with E-state index in [1.165, 1.54) is 38.6 Å². The van der Waals surface area contributed by atoms with E-state index in [0.717, 1.165) is 6.42 Å². The molecule has 0 N–H and O–H groups in total. The van der Waals surface area contributed by atoms with Crippen LogP contribution in [0.5, 0.6) is 0 Å². The molecular formula is C20H14. The van der Waals surface area contributed by atoms with E-state index in [0.29, 0.717) is 5.92 Å². The summed E-state index contributed by atoms with van der Waals surface area (Å²) in [6.45, 7) is 0. The quantitative estimate of drug-likeness (QED) is 0.492. The standard InChI is InChI=1S/C20H14/c1-5-13-6-2-11-17-18-12-4-8-14-7-3-10-16(20(14)18)15(9-1)19(13)17/h1-7,9-12,18H,8H2. The van der Waals surface area contributed by atoms with Crippen LogP contribution in [-0.4, -0.2) is 0 Å². The molecule has 1 unspecified atom stereocenters. The molecule has 94 valence electrons. The lowest BCUT2D eigenvalue weighted by Crippen LogP contribution is -2.12. The maximum Gasteiger partial charge on any atom is 0.0285 e. The zero-order valence-corrected chi connectivity index (χ0v) is 11.1. The monoisotopic (exact) mass is 254 g/mol. The Morgan fingerprint density at radius 2 is 1.60 bits per heavy atom. The minimum Gasteiger partial charge on any atom is -0.0832 e. The molecule has 0 amide bonds. The Kier molecular flexibility index (Phi) is 1.88. The minimum absolute atomic E-state index is 0.438. The van der Waals surface area contributed by atoms with Gasteiger partial charge < -0.3 is 0 Å². The highest BCUT2D eigenvalue weighted by atomic mass is 14.3. The number of fused-ring (bicyclic) bond motifs is 2. The van der Waals surface area contributed by atoms with E-state index in [4.69, 9.17) is 0 Å². The second kappa shape index (κ2) is 3.61. The number of benzene rings is 3. The molecule has 0 radical (unpaired) electrons. The van der Waals surface area contributed by atoms with E-state index >= 15 is 0 Å². The van der Waals surface area contributed by atoms with Crippen molar-refractivity contribution in [3.05, 3.63) is 83.4 Å². The highest BCUT2D eigenvalue weighted by molar-refractivity contribution is 6.03. The van der Waals surface area contributed by atoms with Crippen molar-refractivity contribution in [3.63, 3.8) is 0 Å². The zero-order valence-electron chi connectivity index (χ0n) is 11.1. The van der Waals surface area contributed by atoms with Crippen LogP contribution in [-0.2, 0) is 6.42 Å². The fourth-order valence-electron chi connectivity index (χ4n) is 3.93. The van der Waals surface area contributed by atoms with Gasteiger partial charge in [-0.15, -0.1) is 0 Å². The van der Waals surface area contributed by atoms with Crippen molar-refractivity contribution in [2.75, 3.05) is 0 Å². The van der Waals surface area contributed by atoms with Gasteiger partial charge in [0, 0.05) is 5.92 Å². The number of rotatable bonds is 0. The Balaban J connectivity index is 2.04. The first-order valence-corrected chi connectivity index (χ1v) is 7.24. The summed E-state index contributed by atoms with van der Waals surface area (Å²) in [4.78, 5) is 0. The molecule has 2 aliphatic rings. The molecule has 1 atom stereocenters. The summed E-state index contributed by atoms with van der Waals surface area (Å²) >= 11 is 0. The van der Waals surface area contributed by atoms with Gasteiger partial charge in [0.15, 0.2) is 0 Å². The predicted octanol–water partition coefficient (Wildman–Crippen LogP) is 5.06. The van der Waals surface area contributed by atoms with E-state index in [1.807, 2.05) is 0 Å².